The van der Waals surface area contributed by atoms with E-state index in [9.17, 15) is 4.79 Å². The second kappa shape index (κ2) is 4.99. The maximum absolute atomic E-state index is 10.5. The highest BCUT2D eigenvalue weighted by Gasteiger charge is 1.93. The van der Waals surface area contributed by atoms with Crippen LogP contribution in [0.5, 0.6) is 0 Å². The lowest BCUT2D eigenvalue weighted by Gasteiger charge is -1.98. The van der Waals surface area contributed by atoms with Crippen molar-refractivity contribution >= 4 is 5.97 Å². The average Bonchev–Trinajstić information content (AvgIpc) is 1.99. The molecule has 0 saturated carbocycles. The molecule has 0 fully saturated rings. The molecule has 0 bridgehead atoms. The molecule has 0 aliphatic carbocycles. The van der Waals surface area contributed by atoms with E-state index in [0.717, 1.165) is 6.42 Å². The zero-order chi connectivity index (χ0) is 7.98. The number of carbonyl (C=O) groups is 1. The van der Waals surface area contributed by atoms with E-state index in [4.69, 9.17) is 5.73 Å². The van der Waals surface area contributed by atoms with Gasteiger partial charge in [-0.25, -0.2) is 4.79 Å². The summed E-state index contributed by atoms with van der Waals surface area (Å²) in [7, 11) is 1.34. The Labute approximate surface area is 60.9 Å². The van der Waals surface area contributed by atoms with E-state index in [1.807, 2.05) is 6.92 Å². The van der Waals surface area contributed by atoms with Crippen LogP contribution in [0.25, 0.3) is 0 Å². The average molecular weight is 143 g/mol. The van der Waals surface area contributed by atoms with Crippen LogP contribution in [-0.4, -0.2) is 19.1 Å². The molecule has 0 spiro atoms. The molecule has 3 nitrogen and oxygen atoms in total. The third-order valence-corrected chi connectivity index (χ3v) is 1.15. The van der Waals surface area contributed by atoms with Gasteiger partial charge in [-0.2, -0.15) is 0 Å². The van der Waals surface area contributed by atoms with Gasteiger partial charge in [0.25, 0.3) is 0 Å². The zero-order valence-electron chi connectivity index (χ0n) is 6.33. The van der Waals surface area contributed by atoms with Crippen LogP contribution in [0.1, 0.15) is 13.3 Å². The van der Waals surface area contributed by atoms with Crippen LogP contribution in [0.15, 0.2) is 12.2 Å². The minimum atomic E-state index is -0.357. The summed E-state index contributed by atoms with van der Waals surface area (Å²) in [6.45, 7) is 1.95. The van der Waals surface area contributed by atoms with Gasteiger partial charge in [-0.05, 0) is 6.42 Å². The van der Waals surface area contributed by atoms with Crippen LogP contribution in [0.2, 0.25) is 0 Å². The van der Waals surface area contributed by atoms with Crippen LogP contribution < -0.4 is 5.73 Å². The summed E-state index contributed by atoms with van der Waals surface area (Å²) in [6, 6.07) is -0.0425. The maximum atomic E-state index is 10.5. The largest absolute Gasteiger partial charge is 0.466 e. The molecule has 0 aliphatic heterocycles. The smallest absolute Gasteiger partial charge is 0.330 e. The topological polar surface area (TPSA) is 52.3 Å². The molecule has 58 valence electrons. The summed E-state index contributed by atoms with van der Waals surface area (Å²) in [5.41, 5.74) is 5.48. The van der Waals surface area contributed by atoms with Gasteiger partial charge in [0.2, 0.25) is 0 Å². The number of nitrogens with two attached hydrogens (primary N) is 1. The number of ether oxygens (including phenoxy) is 1. The van der Waals surface area contributed by atoms with Crippen molar-refractivity contribution in [1.82, 2.24) is 0 Å². The summed E-state index contributed by atoms with van der Waals surface area (Å²) in [6.07, 6.45) is 3.80. The van der Waals surface area contributed by atoms with Gasteiger partial charge >= 0.3 is 5.97 Å². The first-order chi connectivity index (χ1) is 4.70. The summed E-state index contributed by atoms with van der Waals surface area (Å²) in [5.74, 6) is -0.357. The number of carbonyl (C=O) groups excluding carboxylic acids is 1. The fourth-order valence-electron chi connectivity index (χ4n) is 0.406. The van der Waals surface area contributed by atoms with Crippen molar-refractivity contribution in [2.75, 3.05) is 7.11 Å². The molecule has 1 atom stereocenters. The minimum absolute atomic E-state index is 0.0425. The van der Waals surface area contributed by atoms with E-state index < -0.39 is 0 Å². The van der Waals surface area contributed by atoms with Crippen molar-refractivity contribution in [3.05, 3.63) is 12.2 Å². The molecule has 0 rings (SSSR count). The molecular formula is C7H13NO2. The van der Waals surface area contributed by atoms with Gasteiger partial charge in [0, 0.05) is 12.1 Å². The quantitative estimate of drug-likeness (QED) is 0.461. The molecule has 0 aliphatic rings. The molecule has 0 heterocycles. The van der Waals surface area contributed by atoms with Gasteiger partial charge < -0.3 is 10.5 Å². The fraction of sp³-hybridized carbons (Fsp3) is 0.571. The van der Waals surface area contributed by atoms with Crippen LogP contribution >= 0.6 is 0 Å². The maximum Gasteiger partial charge on any atom is 0.330 e. The predicted octanol–water partition coefficient (Wildman–Crippen LogP) is 0.453. The lowest BCUT2D eigenvalue weighted by molar-refractivity contribution is -0.134. The molecule has 0 aromatic carbocycles. The molecule has 10 heavy (non-hydrogen) atoms. The van der Waals surface area contributed by atoms with Gasteiger partial charge in [-0.15, -0.1) is 0 Å². The van der Waals surface area contributed by atoms with Crippen molar-refractivity contribution in [2.45, 2.75) is 19.4 Å². The Kier molecular flexibility index (Phi) is 4.58. The Balaban J connectivity index is 3.63. The van der Waals surface area contributed by atoms with E-state index in [2.05, 4.69) is 4.74 Å². The predicted molar refractivity (Wildman–Crippen MR) is 39.4 cm³/mol. The number of methoxy groups -OCH3 is 1. The highest BCUT2D eigenvalue weighted by Crippen LogP contribution is 1.88. The van der Waals surface area contributed by atoms with E-state index >= 15 is 0 Å². The number of rotatable bonds is 3. The molecule has 0 saturated heterocycles. The zero-order valence-corrected chi connectivity index (χ0v) is 6.33. The molecular weight excluding hydrogens is 130 g/mol. The first-order valence-corrected chi connectivity index (χ1v) is 3.22. The van der Waals surface area contributed by atoms with E-state index in [1.165, 1.54) is 13.2 Å². The van der Waals surface area contributed by atoms with Gasteiger partial charge in [0.15, 0.2) is 0 Å². The Bertz CT molecular complexity index is 132. The number of esters is 1. The van der Waals surface area contributed by atoms with Crippen molar-refractivity contribution in [3.8, 4) is 0 Å². The standard InChI is InChI=1S/C7H13NO2/c1-3-6(8)4-5-7(9)10-2/h4-6H,3,8H2,1-2H3/t6-/m0/s1. The molecule has 0 aromatic heterocycles. The van der Waals surface area contributed by atoms with Gasteiger partial charge in [0.05, 0.1) is 7.11 Å². The van der Waals surface area contributed by atoms with Crippen LogP contribution in [-0.2, 0) is 9.53 Å². The van der Waals surface area contributed by atoms with E-state index in [-0.39, 0.29) is 12.0 Å². The Hall–Kier alpha value is -0.830. The van der Waals surface area contributed by atoms with Gasteiger partial charge in [-0.1, -0.05) is 13.0 Å². The van der Waals surface area contributed by atoms with Crippen LogP contribution in [0.3, 0.4) is 0 Å². The second-order valence-electron chi connectivity index (χ2n) is 1.95. The molecule has 0 amide bonds. The second-order valence-corrected chi connectivity index (χ2v) is 1.95. The lowest BCUT2D eigenvalue weighted by Crippen LogP contribution is -2.15. The molecule has 0 unspecified atom stereocenters. The van der Waals surface area contributed by atoms with Crippen molar-refractivity contribution in [3.63, 3.8) is 0 Å². The summed E-state index contributed by atoms with van der Waals surface area (Å²) < 4.78 is 4.36. The van der Waals surface area contributed by atoms with E-state index in [1.54, 1.807) is 6.08 Å². The molecule has 0 radical (unpaired) electrons. The number of hydrogen-bond donors (Lipinski definition) is 1. The Morgan fingerprint density at radius 2 is 2.40 bits per heavy atom. The first kappa shape index (κ1) is 9.17. The van der Waals surface area contributed by atoms with Gasteiger partial charge in [0.1, 0.15) is 0 Å². The Morgan fingerprint density at radius 3 is 2.80 bits per heavy atom. The van der Waals surface area contributed by atoms with Crippen molar-refractivity contribution in [2.24, 2.45) is 5.73 Å². The first-order valence-electron chi connectivity index (χ1n) is 3.22. The minimum Gasteiger partial charge on any atom is -0.466 e. The molecule has 2 N–H and O–H groups in total. The SMILES string of the molecule is CC[C@H](N)C=CC(=O)OC. The third-order valence-electron chi connectivity index (χ3n) is 1.15. The molecule has 0 aromatic rings. The van der Waals surface area contributed by atoms with Crippen molar-refractivity contribution < 1.29 is 9.53 Å². The Morgan fingerprint density at radius 1 is 1.80 bits per heavy atom. The third kappa shape index (κ3) is 4.09. The monoisotopic (exact) mass is 143 g/mol. The van der Waals surface area contributed by atoms with Gasteiger partial charge in [-0.3, -0.25) is 0 Å². The summed E-state index contributed by atoms with van der Waals surface area (Å²) in [5, 5.41) is 0. The number of hydrogen-bond acceptors (Lipinski definition) is 3. The molecule has 3 heteroatoms. The van der Waals surface area contributed by atoms with Crippen LogP contribution in [0.4, 0.5) is 0 Å². The normalized spacial score (nSPS) is 13.5. The van der Waals surface area contributed by atoms with Crippen molar-refractivity contribution in [1.29, 1.82) is 0 Å². The fourth-order valence-corrected chi connectivity index (χ4v) is 0.406. The lowest BCUT2D eigenvalue weighted by atomic mass is 10.2. The summed E-state index contributed by atoms with van der Waals surface area (Å²) in [4.78, 5) is 10.5. The highest BCUT2D eigenvalue weighted by atomic mass is 16.5. The van der Waals surface area contributed by atoms with E-state index in [0.29, 0.717) is 0 Å². The highest BCUT2D eigenvalue weighted by molar-refractivity contribution is 5.81. The summed E-state index contributed by atoms with van der Waals surface area (Å²) >= 11 is 0. The van der Waals surface area contributed by atoms with Crippen LogP contribution in [0, 0.1) is 0 Å².